The molecule has 0 spiro atoms. The molecule has 6 nitrogen and oxygen atoms in total. The molecule has 0 saturated heterocycles. The molecule has 0 N–H and O–H groups in total. The summed E-state index contributed by atoms with van der Waals surface area (Å²) >= 11 is 0. The van der Waals surface area contributed by atoms with Crippen LogP contribution < -0.4 is 0 Å². The molecule has 0 aromatic carbocycles. The van der Waals surface area contributed by atoms with Crippen molar-refractivity contribution in [3.63, 3.8) is 0 Å². The van der Waals surface area contributed by atoms with Crippen LogP contribution in [0.3, 0.4) is 0 Å². The molecule has 0 rings (SSSR count). The number of hydrogen-bond donors (Lipinski definition) is 0. The smallest absolute Gasteiger partial charge is 0.306 e. The van der Waals surface area contributed by atoms with Gasteiger partial charge in [0.1, 0.15) is 13.2 Å². The molecule has 1 atom stereocenters. The van der Waals surface area contributed by atoms with E-state index in [0.717, 1.165) is 122 Å². The summed E-state index contributed by atoms with van der Waals surface area (Å²) in [6, 6.07) is 0. The summed E-state index contributed by atoms with van der Waals surface area (Å²) in [4.78, 5) is 38.2. The van der Waals surface area contributed by atoms with E-state index >= 15 is 0 Å². The molecule has 0 aromatic heterocycles. The Kier molecular flexibility index (Phi) is 55.9. The number of carbonyl (C=O) groups is 3. The van der Waals surface area contributed by atoms with E-state index in [2.05, 4.69) is 118 Å². The molecule has 0 fully saturated rings. The molecule has 0 aromatic rings. The zero-order valence-electron chi connectivity index (χ0n) is 46.5. The van der Waals surface area contributed by atoms with Crippen molar-refractivity contribution in [1.82, 2.24) is 0 Å². The molecule has 0 aliphatic heterocycles. The van der Waals surface area contributed by atoms with Gasteiger partial charge in [0.2, 0.25) is 0 Å². The first-order valence-corrected chi connectivity index (χ1v) is 29.7. The maximum Gasteiger partial charge on any atom is 0.306 e. The Morgan fingerprint density at radius 3 is 0.887 bits per heavy atom. The van der Waals surface area contributed by atoms with Gasteiger partial charge in [0.15, 0.2) is 6.10 Å². The monoisotopic (exact) mass is 987 g/mol. The van der Waals surface area contributed by atoms with E-state index in [4.69, 9.17) is 14.2 Å². The van der Waals surface area contributed by atoms with E-state index in [1.54, 1.807) is 0 Å². The van der Waals surface area contributed by atoms with E-state index in [9.17, 15) is 14.4 Å². The molecule has 0 amide bonds. The number of hydrogen-bond acceptors (Lipinski definition) is 6. The van der Waals surface area contributed by atoms with E-state index in [1.807, 2.05) is 0 Å². The first-order valence-electron chi connectivity index (χ1n) is 29.7. The van der Waals surface area contributed by atoms with Crippen molar-refractivity contribution in [2.75, 3.05) is 13.2 Å². The topological polar surface area (TPSA) is 78.9 Å². The van der Waals surface area contributed by atoms with Crippen LogP contribution in [0.2, 0.25) is 0 Å². The van der Waals surface area contributed by atoms with Gasteiger partial charge in [-0.1, -0.05) is 253 Å². The van der Waals surface area contributed by atoms with E-state index in [1.165, 1.54) is 116 Å². The third-order valence-electron chi connectivity index (χ3n) is 12.6. The Morgan fingerprint density at radius 1 is 0.296 bits per heavy atom. The minimum Gasteiger partial charge on any atom is -0.462 e. The Balaban J connectivity index is 4.41. The quantitative estimate of drug-likeness (QED) is 0.0261. The predicted molar refractivity (Wildman–Crippen MR) is 307 cm³/mol. The minimum absolute atomic E-state index is 0.0897. The van der Waals surface area contributed by atoms with Gasteiger partial charge in [-0.2, -0.15) is 0 Å². The van der Waals surface area contributed by atoms with Crippen molar-refractivity contribution < 1.29 is 28.6 Å². The lowest BCUT2D eigenvalue weighted by Crippen LogP contribution is -2.30. The summed E-state index contributed by atoms with van der Waals surface area (Å²) in [5.74, 6) is -0.927. The van der Waals surface area contributed by atoms with Gasteiger partial charge in [-0.05, 0) is 103 Å². The number of unbranched alkanes of at least 4 members (excludes halogenated alkanes) is 26. The molecule has 0 aliphatic carbocycles. The second-order valence-corrected chi connectivity index (χ2v) is 19.5. The van der Waals surface area contributed by atoms with Gasteiger partial charge < -0.3 is 14.2 Å². The largest absolute Gasteiger partial charge is 0.462 e. The fourth-order valence-electron chi connectivity index (χ4n) is 8.12. The predicted octanol–water partition coefficient (Wildman–Crippen LogP) is 20.1. The fourth-order valence-corrected chi connectivity index (χ4v) is 8.12. The van der Waals surface area contributed by atoms with Gasteiger partial charge in [-0.25, -0.2) is 0 Å². The summed E-state index contributed by atoms with van der Waals surface area (Å²) in [5, 5.41) is 0. The summed E-state index contributed by atoms with van der Waals surface area (Å²) in [5.41, 5.74) is 0. The number of esters is 3. The highest BCUT2D eigenvalue weighted by Crippen LogP contribution is 2.15. The highest BCUT2D eigenvalue weighted by atomic mass is 16.6. The summed E-state index contributed by atoms with van der Waals surface area (Å²) < 4.78 is 16.8. The maximum atomic E-state index is 12.8. The molecule has 6 heteroatoms. The minimum atomic E-state index is -0.795. The molecule has 0 saturated carbocycles. The van der Waals surface area contributed by atoms with E-state index < -0.39 is 6.10 Å². The highest BCUT2D eigenvalue weighted by molar-refractivity contribution is 5.71. The molecule has 71 heavy (non-hydrogen) atoms. The van der Waals surface area contributed by atoms with Gasteiger partial charge >= 0.3 is 17.9 Å². The molecule has 406 valence electrons. The average Bonchev–Trinajstić information content (AvgIpc) is 3.37. The van der Waals surface area contributed by atoms with Crippen molar-refractivity contribution in [3.05, 3.63) is 97.2 Å². The van der Waals surface area contributed by atoms with Crippen molar-refractivity contribution >= 4 is 17.9 Å². The highest BCUT2D eigenvalue weighted by Gasteiger charge is 2.19. The Labute approximate surface area is 438 Å². The van der Waals surface area contributed by atoms with Crippen LogP contribution in [0.4, 0.5) is 0 Å². The first kappa shape index (κ1) is 67.3. The summed E-state index contributed by atoms with van der Waals surface area (Å²) in [6.45, 7) is 6.50. The van der Waals surface area contributed by atoms with Crippen LogP contribution in [0, 0.1) is 0 Å². The lowest BCUT2D eigenvalue weighted by molar-refractivity contribution is -0.167. The van der Waals surface area contributed by atoms with E-state index in [0.29, 0.717) is 19.3 Å². The second-order valence-electron chi connectivity index (χ2n) is 19.5. The first-order chi connectivity index (χ1) is 35.0. The molecule has 0 bridgehead atoms. The summed E-state index contributed by atoms with van der Waals surface area (Å²) in [7, 11) is 0. The Hall–Kier alpha value is -3.67. The van der Waals surface area contributed by atoms with Gasteiger partial charge in [0.05, 0.1) is 0 Å². The van der Waals surface area contributed by atoms with Crippen LogP contribution in [-0.2, 0) is 28.6 Å². The number of rotatable bonds is 53. The third-order valence-corrected chi connectivity index (χ3v) is 12.6. The molecular weight excluding hydrogens is 877 g/mol. The fraction of sp³-hybridized carbons (Fsp3) is 0.708. The zero-order valence-corrected chi connectivity index (χ0v) is 46.5. The van der Waals surface area contributed by atoms with Crippen molar-refractivity contribution in [2.24, 2.45) is 0 Å². The normalized spacial score (nSPS) is 12.8. The summed E-state index contributed by atoms with van der Waals surface area (Å²) in [6.07, 6.45) is 78.3. The number of allylic oxidation sites excluding steroid dienone is 16. The Bertz CT molecular complexity index is 1410. The van der Waals surface area contributed by atoms with E-state index in [-0.39, 0.29) is 31.1 Å². The van der Waals surface area contributed by atoms with Crippen LogP contribution in [0.1, 0.15) is 278 Å². The van der Waals surface area contributed by atoms with Crippen LogP contribution in [0.25, 0.3) is 0 Å². The van der Waals surface area contributed by atoms with Crippen molar-refractivity contribution in [1.29, 1.82) is 0 Å². The molecule has 0 heterocycles. The van der Waals surface area contributed by atoms with Crippen LogP contribution in [0.5, 0.6) is 0 Å². The maximum absolute atomic E-state index is 12.8. The molecule has 0 aliphatic rings. The lowest BCUT2D eigenvalue weighted by atomic mass is 10.0. The van der Waals surface area contributed by atoms with Crippen LogP contribution in [0.15, 0.2) is 97.2 Å². The molecule has 0 radical (unpaired) electrons. The standard InChI is InChI=1S/C65H110O6/c1-4-7-10-13-16-19-22-25-27-28-29-30-31-32-33-34-35-36-38-40-43-46-49-52-55-58-64(67)70-61-62(60-69-63(66)57-54-51-48-45-42-39-24-21-18-15-12-9-6-3)71-65(68)59-56-53-50-47-44-41-37-26-23-20-17-14-11-8-5-2/h7,10,16,19,25-27,29-30,32-33,35-37,40,43,62H,4-6,8-9,11-15,17-18,20-24,28,31,34,38-39,41-42,44-61H2,1-3H3/b10-7-,19-16-,27-25-,30-29-,33-32-,36-35-,37-26-,43-40-. The van der Waals surface area contributed by atoms with Gasteiger partial charge in [-0.3, -0.25) is 14.4 Å². The zero-order chi connectivity index (χ0) is 51.4. The SMILES string of the molecule is CC/C=C\C/C=C\C/C=C\C/C=C\C/C=C\C/C=C\C/C=C\CCCCCC(=O)OCC(COC(=O)CCCCCCCCCCCCCCC)OC(=O)CCCCCCC/C=C\CCCCCCCC. The average molecular weight is 988 g/mol. The second kappa shape index (κ2) is 58.9. The third kappa shape index (κ3) is 57.1. The molecular formula is C65H110O6. The van der Waals surface area contributed by atoms with Crippen LogP contribution in [-0.4, -0.2) is 37.2 Å². The number of carbonyl (C=O) groups excluding carboxylic acids is 3. The molecule has 1 unspecified atom stereocenters. The van der Waals surface area contributed by atoms with Gasteiger partial charge in [-0.15, -0.1) is 0 Å². The Morgan fingerprint density at radius 2 is 0.549 bits per heavy atom. The van der Waals surface area contributed by atoms with Crippen molar-refractivity contribution in [2.45, 2.75) is 284 Å². The van der Waals surface area contributed by atoms with Crippen molar-refractivity contribution in [3.8, 4) is 0 Å². The lowest BCUT2D eigenvalue weighted by Gasteiger charge is -2.18. The number of ether oxygens (including phenoxy) is 3. The van der Waals surface area contributed by atoms with Gasteiger partial charge in [0.25, 0.3) is 0 Å². The van der Waals surface area contributed by atoms with Crippen LogP contribution >= 0.6 is 0 Å². The van der Waals surface area contributed by atoms with Gasteiger partial charge in [0, 0.05) is 19.3 Å².